The van der Waals surface area contributed by atoms with Crippen molar-refractivity contribution in [3.63, 3.8) is 0 Å². The van der Waals surface area contributed by atoms with Crippen molar-refractivity contribution < 1.29 is 0 Å². The van der Waals surface area contributed by atoms with Gasteiger partial charge in [-0.2, -0.15) is 0 Å². The fourth-order valence-corrected chi connectivity index (χ4v) is 2.16. The first-order chi connectivity index (χ1) is 4.88. The lowest BCUT2D eigenvalue weighted by atomic mass is 10.3. The Balaban J connectivity index is 2.70. The van der Waals surface area contributed by atoms with E-state index in [9.17, 15) is 4.79 Å². The Kier molecular flexibility index (Phi) is 1.31. The lowest BCUT2D eigenvalue weighted by Gasteiger charge is -1.92. The van der Waals surface area contributed by atoms with Crippen molar-refractivity contribution >= 4 is 11.8 Å². The maximum absolute atomic E-state index is 11.1. The van der Waals surface area contributed by atoms with Crippen LogP contribution in [0.25, 0.3) is 0 Å². The predicted molar refractivity (Wildman–Crippen MR) is 41.5 cm³/mol. The predicted octanol–water partition coefficient (Wildman–Crippen LogP) is 1.02. The minimum Gasteiger partial charge on any atom is -0.364 e. The molecule has 2 nitrogen and oxygen atoms in total. The van der Waals surface area contributed by atoms with Gasteiger partial charge in [0.05, 0.1) is 4.90 Å². The van der Waals surface area contributed by atoms with E-state index in [1.165, 1.54) is 0 Å². The molecular formula is C7H7NOS. The third-order valence-electron chi connectivity index (χ3n) is 1.59. The molecular weight excluding hydrogens is 146 g/mol. The van der Waals surface area contributed by atoms with Crippen LogP contribution in [0, 0.1) is 0 Å². The Hall–Kier alpha value is -0.700. The van der Waals surface area contributed by atoms with Crippen LogP contribution in [0.1, 0.15) is 5.69 Å². The summed E-state index contributed by atoms with van der Waals surface area (Å²) in [6, 6.07) is 1.58. The molecule has 0 unspecified atom stereocenters. The van der Waals surface area contributed by atoms with E-state index >= 15 is 0 Å². The van der Waals surface area contributed by atoms with Gasteiger partial charge in [0, 0.05) is 23.7 Å². The smallest absolute Gasteiger partial charge is 0.195 e. The first kappa shape index (κ1) is 6.04. The first-order valence-electron chi connectivity index (χ1n) is 3.21. The van der Waals surface area contributed by atoms with Gasteiger partial charge in [-0.25, -0.2) is 0 Å². The zero-order valence-corrected chi connectivity index (χ0v) is 6.20. The molecule has 1 aromatic rings. The van der Waals surface area contributed by atoms with Gasteiger partial charge in [-0.15, -0.1) is 11.8 Å². The first-order valence-corrected chi connectivity index (χ1v) is 4.20. The van der Waals surface area contributed by atoms with Crippen molar-refractivity contribution in [2.24, 2.45) is 0 Å². The van der Waals surface area contributed by atoms with E-state index in [1.54, 1.807) is 24.0 Å². The molecule has 0 amide bonds. The van der Waals surface area contributed by atoms with Crippen molar-refractivity contribution in [3.8, 4) is 0 Å². The highest BCUT2D eigenvalue weighted by Gasteiger charge is 2.13. The third-order valence-corrected chi connectivity index (χ3v) is 2.73. The van der Waals surface area contributed by atoms with Crippen molar-refractivity contribution in [2.45, 2.75) is 11.3 Å². The molecule has 3 heteroatoms. The number of aromatic nitrogens is 1. The highest BCUT2D eigenvalue weighted by Crippen LogP contribution is 2.25. The maximum Gasteiger partial charge on any atom is 0.195 e. The number of pyridine rings is 1. The summed E-state index contributed by atoms with van der Waals surface area (Å²) in [4.78, 5) is 15.1. The molecule has 1 N–H and O–H groups in total. The number of hydrogen-bond donors (Lipinski definition) is 1. The standard InChI is InChI=1S/C7H7NOS/c9-6-1-3-8-5-2-4-10-7(5)6/h1,3H,2,4H2,(H,8,9). The maximum atomic E-state index is 11.1. The minimum absolute atomic E-state index is 0.163. The molecule has 10 heavy (non-hydrogen) atoms. The molecule has 52 valence electrons. The molecule has 1 aliphatic rings. The van der Waals surface area contributed by atoms with Gasteiger partial charge in [0.15, 0.2) is 5.43 Å². The van der Waals surface area contributed by atoms with Crippen LogP contribution in [0.4, 0.5) is 0 Å². The summed E-state index contributed by atoms with van der Waals surface area (Å²) in [5, 5.41) is 0. The van der Waals surface area contributed by atoms with Crippen molar-refractivity contribution in [1.82, 2.24) is 4.98 Å². The molecule has 0 aromatic carbocycles. The summed E-state index contributed by atoms with van der Waals surface area (Å²) in [5.74, 6) is 1.05. The molecule has 0 saturated heterocycles. The molecule has 0 atom stereocenters. The van der Waals surface area contributed by atoms with Crippen LogP contribution < -0.4 is 5.43 Å². The second kappa shape index (κ2) is 2.16. The van der Waals surface area contributed by atoms with Gasteiger partial charge in [-0.3, -0.25) is 4.79 Å². The number of thioether (sulfide) groups is 1. The molecule has 1 aliphatic heterocycles. The van der Waals surface area contributed by atoms with Crippen LogP contribution in [0.15, 0.2) is 22.0 Å². The Morgan fingerprint density at radius 1 is 1.60 bits per heavy atom. The Morgan fingerprint density at radius 3 is 3.30 bits per heavy atom. The molecule has 2 rings (SSSR count). The van der Waals surface area contributed by atoms with Crippen LogP contribution >= 0.6 is 11.8 Å². The summed E-state index contributed by atoms with van der Waals surface area (Å²) in [5.41, 5.74) is 1.27. The van der Waals surface area contributed by atoms with Crippen molar-refractivity contribution in [3.05, 3.63) is 28.2 Å². The quantitative estimate of drug-likeness (QED) is 0.603. The largest absolute Gasteiger partial charge is 0.364 e. The fraction of sp³-hybridized carbons (Fsp3) is 0.286. The lowest BCUT2D eigenvalue weighted by molar-refractivity contribution is 1.01. The van der Waals surface area contributed by atoms with Crippen molar-refractivity contribution in [2.75, 3.05) is 5.75 Å². The van der Waals surface area contributed by atoms with Crippen LogP contribution in [-0.2, 0) is 6.42 Å². The molecule has 0 radical (unpaired) electrons. The normalized spacial score (nSPS) is 15.2. The second-order valence-electron chi connectivity index (χ2n) is 2.25. The lowest BCUT2D eigenvalue weighted by Crippen LogP contribution is -2.02. The second-order valence-corrected chi connectivity index (χ2v) is 3.35. The van der Waals surface area contributed by atoms with Crippen LogP contribution in [0.3, 0.4) is 0 Å². The van der Waals surface area contributed by atoms with E-state index in [4.69, 9.17) is 0 Å². The van der Waals surface area contributed by atoms with Gasteiger partial charge >= 0.3 is 0 Å². The number of H-pyrrole nitrogens is 1. The third kappa shape index (κ3) is 0.778. The molecule has 0 spiro atoms. The summed E-state index contributed by atoms with van der Waals surface area (Å²) in [6.45, 7) is 0. The van der Waals surface area contributed by atoms with Crippen LogP contribution in [0.5, 0.6) is 0 Å². The van der Waals surface area contributed by atoms with Gasteiger partial charge in [0.25, 0.3) is 0 Å². The number of fused-ring (bicyclic) bond motifs is 1. The molecule has 0 aliphatic carbocycles. The summed E-state index contributed by atoms with van der Waals surface area (Å²) >= 11 is 1.65. The fourth-order valence-electron chi connectivity index (χ4n) is 1.11. The molecule has 0 bridgehead atoms. The number of aryl methyl sites for hydroxylation is 1. The number of aromatic amines is 1. The average Bonchev–Trinajstić information content (AvgIpc) is 2.36. The topological polar surface area (TPSA) is 32.9 Å². The zero-order valence-electron chi connectivity index (χ0n) is 5.39. The number of nitrogens with one attached hydrogen (secondary N) is 1. The Labute approximate surface area is 62.7 Å². The molecule has 2 heterocycles. The van der Waals surface area contributed by atoms with E-state index in [-0.39, 0.29) is 5.43 Å². The van der Waals surface area contributed by atoms with Crippen LogP contribution in [0.2, 0.25) is 0 Å². The van der Waals surface area contributed by atoms with E-state index in [0.717, 1.165) is 22.8 Å². The zero-order chi connectivity index (χ0) is 6.97. The average molecular weight is 153 g/mol. The van der Waals surface area contributed by atoms with E-state index in [1.807, 2.05) is 0 Å². The number of rotatable bonds is 0. The summed E-state index contributed by atoms with van der Waals surface area (Å²) < 4.78 is 0. The number of hydrogen-bond acceptors (Lipinski definition) is 2. The van der Waals surface area contributed by atoms with Gasteiger partial charge in [0.2, 0.25) is 0 Å². The summed E-state index contributed by atoms with van der Waals surface area (Å²) in [6.07, 6.45) is 2.73. The summed E-state index contributed by atoms with van der Waals surface area (Å²) in [7, 11) is 0. The van der Waals surface area contributed by atoms with E-state index in [2.05, 4.69) is 4.98 Å². The van der Waals surface area contributed by atoms with Gasteiger partial charge in [-0.05, 0) is 6.42 Å². The highest BCUT2D eigenvalue weighted by molar-refractivity contribution is 7.99. The minimum atomic E-state index is 0.163. The van der Waals surface area contributed by atoms with Gasteiger partial charge in [0.1, 0.15) is 0 Å². The Bertz CT molecular complexity index is 305. The van der Waals surface area contributed by atoms with E-state index in [0.29, 0.717) is 0 Å². The molecule has 1 aromatic heterocycles. The highest BCUT2D eigenvalue weighted by atomic mass is 32.2. The van der Waals surface area contributed by atoms with Crippen LogP contribution in [-0.4, -0.2) is 10.7 Å². The van der Waals surface area contributed by atoms with Gasteiger partial charge in [-0.1, -0.05) is 0 Å². The molecule has 0 saturated carbocycles. The Morgan fingerprint density at radius 2 is 2.50 bits per heavy atom. The SMILES string of the molecule is O=c1cc[nH]c2c1SCC2. The van der Waals surface area contributed by atoms with E-state index < -0.39 is 0 Å². The van der Waals surface area contributed by atoms with Gasteiger partial charge < -0.3 is 4.98 Å². The molecule has 0 fully saturated rings. The van der Waals surface area contributed by atoms with Crippen molar-refractivity contribution in [1.29, 1.82) is 0 Å². The monoisotopic (exact) mass is 153 g/mol.